The Bertz CT molecular complexity index is 486. The van der Waals surface area contributed by atoms with Gasteiger partial charge < -0.3 is 19.1 Å². The van der Waals surface area contributed by atoms with Crippen LogP contribution in [0.3, 0.4) is 0 Å². The highest BCUT2D eigenvalue weighted by Gasteiger charge is 2.48. The summed E-state index contributed by atoms with van der Waals surface area (Å²) < 4.78 is 15.6. The molecule has 1 heterocycles. The normalized spacial score (nSPS) is 21.1. The standard InChI is InChI=1S/C17H25NO4/c1-12(2)5-10-15-16(22-11-20-3)17(19)18(15)13-6-8-14(21-4)9-7-13/h6-9,12,15-16H,5,10-11H2,1-4H3. The first-order chi connectivity index (χ1) is 10.6. The summed E-state index contributed by atoms with van der Waals surface area (Å²) in [5.74, 6) is 1.37. The predicted octanol–water partition coefficient (Wildman–Crippen LogP) is 2.84. The van der Waals surface area contributed by atoms with Crippen LogP contribution in [-0.2, 0) is 14.3 Å². The second-order valence-electron chi connectivity index (χ2n) is 5.94. The number of ether oxygens (including phenoxy) is 3. The van der Waals surface area contributed by atoms with Crippen LogP contribution < -0.4 is 9.64 Å². The molecule has 1 amide bonds. The van der Waals surface area contributed by atoms with E-state index in [9.17, 15) is 4.79 Å². The summed E-state index contributed by atoms with van der Waals surface area (Å²) >= 11 is 0. The minimum absolute atomic E-state index is 0.00373. The molecule has 1 aromatic carbocycles. The Balaban J connectivity index is 2.10. The zero-order valence-electron chi connectivity index (χ0n) is 13.7. The molecule has 0 bridgehead atoms. The van der Waals surface area contributed by atoms with Crippen molar-refractivity contribution in [3.63, 3.8) is 0 Å². The molecular formula is C17H25NO4. The molecule has 2 rings (SSSR count). The lowest BCUT2D eigenvalue weighted by molar-refractivity contribution is -0.154. The van der Waals surface area contributed by atoms with Crippen molar-refractivity contribution < 1.29 is 19.0 Å². The van der Waals surface area contributed by atoms with Gasteiger partial charge in [0.2, 0.25) is 0 Å². The Hall–Kier alpha value is -1.59. The van der Waals surface area contributed by atoms with Crippen LogP contribution in [-0.4, -0.2) is 39.1 Å². The predicted molar refractivity (Wildman–Crippen MR) is 85.1 cm³/mol. The third-order valence-electron chi connectivity index (χ3n) is 3.92. The van der Waals surface area contributed by atoms with Gasteiger partial charge in [-0.15, -0.1) is 0 Å². The van der Waals surface area contributed by atoms with Crippen molar-refractivity contribution in [1.29, 1.82) is 0 Å². The molecule has 1 aliphatic rings. The van der Waals surface area contributed by atoms with Crippen molar-refractivity contribution in [3.05, 3.63) is 24.3 Å². The number of amides is 1. The van der Waals surface area contributed by atoms with E-state index in [1.807, 2.05) is 29.2 Å². The quantitative estimate of drug-likeness (QED) is 0.547. The highest BCUT2D eigenvalue weighted by atomic mass is 16.7. The number of nitrogens with zero attached hydrogens (tertiary/aromatic N) is 1. The zero-order valence-corrected chi connectivity index (χ0v) is 13.7. The van der Waals surface area contributed by atoms with Crippen LogP contribution >= 0.6 is 0 Å². The molecule has 0 spiro atoms. The number of rotatable bonds is 8. The summed E-state index contributed by atoms with van der Waals surface area (Å²) in [5, 5.41) is 0. The molecule has 1 fully saturated rings. The van der Waals surface area contributed by atoms with Crippen LogP contribution in [0.1, 0.15) is 26.7 Å². The maximum absolute atomic E-state index is 12.4. The van der Waals surface area contributed by atoms with Gasteiger partial charge in [0.05, 0.1) is 13.2 Å². The topological polar surface area (TPSA) is 48.0 Å². The number of β-lactam (4-membered cyclic amide) rings is 1. The third-order valence-corrected chi connectivity index (χ3v) is 3.92. The van der Waals surface area contributed by atoms with E-state index in [1.165, 1.54) is 0 Å². The minimum atomic E-state index is -0.402. The van der Waals surface area contributed by atoms with Crippen LogP contribution in [0.5, 0.6) is 5.75 Å². The van der Waals surface area contributed by atoms with E-state index in [-0.39, 0.29) is 18.7 Å². The number of methoxy groups -OCH3 is 2. The summed E-state index contributed by atoms with van der Waals surface area (Å²) in [7, 11) is 3.19. The molecule has 22 heavy (non-hydrogen) atoms. The van der Waals surface area contributed by atoms with Crippen LogP contribution in [0, 0.1) is 5.92 Å². The van der Waals surface area contributed by atoms with Crippen molar-refractivity contribution in [2.75, 3.05) is 25.9 Å². The molecule has 0 radical (unpaired) electrons. The Morgan fingerprint density at radius 3 is 2.41 bits per heavy atom. The van der Waals surface area contributed by atoms with Gasteiger partial charge in [0.15, 0.2) is 6.10 Å². The van der Waals surface area contributed by atoms with E-state index in [2.05, 4.69) is 13.8 Å². The molecule has 1 aromatic rings. The largest absolute Gasteiger partial charge is 0.497 e. The SMILES string of the molecule is COCOC1C(=O)N(c2ccc(OC)cc2)C1CCC(C)C. The Kier molecular flexibility index (Phi) is 5.80. The second kappa shape index (κ2) is 7.61. The Morgan fingerprint density at radius 2 is 1.86 bits per heavy atom. The van der Waals surface area contributed by atoms with Crippen LogP contribution in [0.4, 0.5) is 5.69 Å². The third kappa shape index (κ3) is 3.59. The molecule has 0 saturated carbocycles. The van der Waals surface area contributed by atoms with Gasteiger partial charge in [-0.25, -0.2) is 0 Å². The number of hydrogen-bond donors (Lipinski definition) is 0. The first-order valence-electron chi connectivity index (χ1n) is 7.66. The molecule has 0 N–H and O–H groups in total. The van der Waals surface area contributed by atoms with Gasteiger partial charge >= 0.3 is 0 Å². The Labute approximate surface area is 132 Å². The van der Waals surface area contributed by atoms with Crippen LogP contribution in [0.2, 0.25) is 0 Å². The van der Waals surface area contributed by atoms with Crippen molar-refractivity contribution in [3.8, 4) is 5.75 Å². The average molecular weight is 307 g/mol. The minimum Gasteiger partial charge on any atom is -0.497 e. The molecule has 0 aromatic heterocycles. The highest BCUT2D eigenvalue weighted by Crippen LogP contribution is 2.34. The molecule has 5 heteroatoms. The number of hydrogen-bond acceptors (Lipinski definition) is 4. The molecule has 2 atom stereocenters. The number of carbonyl (C=O) groups excluding carboxylic acids is 1. The number of anilines is 1. The van der Waals surface area contributed by atoms with Gasteiger partial charge in [-0.3, -0.25) is 4.79 Å². The number of benzene rings is 1. The lowest BCUT2D eigenvalue weighted by Gasteiger charge is -2.46. The van der Waals surface area contributed by atoms with Crippen LogP contribution in [0.15, 0.2) is 24.3 Å². The molecule has 0 aliphatic carbocycles. The van der Waals surface area contributed by atoms with Crippen molar-refractivity contribution in [1.82, 2.24) is 0 Å². The maximum atomic E-state index is 12.4. The summed E-state index contributed by atoms with van der Waals surface area (Å²) in [4.78, 5) is 14.2. The average Bonchev–Trinajstić information content (AvgIpc) is 2.52. The van der Waals surface area contributed by atoms with Gasteiger partial charge in [-0.05, 0) is 43.0 Å². The molecule has 1 saturated heterocycles. The summed E-state index contributed by atoms with van der Waals surface area (Å²) in [6, 6.07) is 7.62. The molecule has 2 unspecified atom stereocenters. The van der Waals surface area contributed by atoms with Gasteiger partial charge in [0.25, 0.3) is 5.91 Å². The lowest BCUT2D eigenvalue weighted by Crippen LogP contribution is -2.66. The summed E-state index contributed by atoms with van der Waals surface area (Å²) in [6.45, 7) is 4.51. The van der Waals surface area contributed by atoms with Crippen molar-refractivity contribution in [2.45, 2.75) is 38.8 Å². The van der Waals surface area contributed by atoms with E-state index < -0.39 is 6.10 Å². The molecule has 5 nitrogen and oxygen atoms in total. The second-order valence-corrected chi connectivity index (χ2v) is 5.94. The van der Waals surface area contributed by atoms with Gasteiger partial charge in [-0.1, -0.05) is 13.8 Å². The van der Waals surface area contributed by atoms with Crippen molar-refractivity contribution in [2.24, 2.45) is 5.92 Å². The van der Waals surface area contributed by atoms with Crippen molar-refractivity contribution >= 4 is 11.6 Å². The first-order valence-corrected chi connectivity index (χ1v) is 7.66. The smallest absolute Gasteiger partial charge is 0.258 e. The molecule has 122 valence electrons. The molecule has 1 aliphatic heterocycles. The van der Waals surface area contributed by atoms with E-state index in [0.29, 0.717) is 5.92 Å². The zero-order chi connectivity index (χ0) is 16.1. The molecular weight excluding hydrogens is 282 g/mol. The fraction of sp³-hybridized carbons (Fsp3) is 0.588. The van der Waals surface area contributed by atoms with E-state index in [4.69, 9.17) is 14.2 Å². The summed E-state index contributed by atoms with van der Waals surface area (Å²) in [6.07, 6.45) is 1.57. The van der Waals surface area contributed by atoms with Gasteiger partial charge in [0, 0.05) is 12.8 Å². The van der Waals surface area contributed by atoms with Gasteiger partial charge in [0.1, 0.15) is 12.5 Å². The maximum Gasteiger partial charge on any atom is 0.258 e. The summed E-state index contributed by atoms with van der Waals surface area (Å²) in [5.41, 5.74) is 0.886. The monoisotopic (exact) mass is 307 g/mol. The van der Waals surface area contributed by atoms with Crippen LogP contribution in [0.25, 0.3) is 0 Å². The van der Waals surface area contributed by atoms with E-state index in [1.54, 1.807) is 14.2 Å². The lowest BCUT2D eigenvalue weighted by atomic mass is 9.90. The number of carbonyl (C=O) groups is 1. The van der Waals surface area contributed by atoms with E-state index >= 15 is 0 Å². The van der Waals surface area contributed by atoms with Gasteiger partial charge in [-0.2, -0.15) is 0 Å². The first kappa shape index (κ1) is 16.8. The highest BCUT2D eigenvalue weighted by molar-refractivity contribution is 6.04. The Morgan fingerprint density at radius 1 is 1.18 bits per heavy atom. The fourth-order valence-corrected chi connectivity index (χ4v) is 2.69. The fourth-order valence-electron chi connectivity index (χ4n) is 2.69. The van der Waals surface area contributed by atoms with E-state index in [0.717, 1.165) is 24.3 Å².